The Morgan fingerprint density at radius 1 is 1.39 bits per heavy atom. The van der Waals surface area contributed by atoms with Crippen molar-refractivity contribution in [2.45, 2.75) is 19.4 Å². The van der Waals surface area contributed by atoms with Crippen molar-refractivity contribution in [3.63, 3.8) is 0 Å². The molecule has 0 amide bonds. The van der Waals surface area contributed by atoms with E-state index in [4.69, 9.17) is 11.6 Å². The molecule has 1 aliphatic carbocycles. The van der Waals surface area contributed by atoms with Crippen LogP contribution < -0.4 is 5.32 Å². The maximum absolute atomic E-state index is 5.85. The van der Waals surface area contributed by atoms with E-state index in [0.29, 0.717) is 10.6 Å². The molecule has 0 atom stereocenters. The highest BCUT2D eigenvalue weighted by Crippen LogP contribution is 2.49. The molecule has 1 aliphatic heterocycles. The van der Waals surface area contributed by atoms with Crippen molar-refractivity contribution in [1.82, 2.24) is 20.1 Å². The van der Waals surface area contributed by atoms with Crippen LogP contribution in [0.5, 0.6) is 0 Å². The fourth-order valence-electron chi connectivity index (χ4n) is 3.45. The molecule has 4 rings (SSSR count). The van der Waals surface area contributed by atoms with E-state index < -0.39 is 0 Å². The van der Waals surface area contributed by atoms with Gasteiger partial charge in [0.1, 0.15) is 0 Å². The highest BCUT2D eigenvalue weighted by atomic mass is 35.5. The highest BCUT2D eigenvalue weighted by Gasteiger charge is 2.48. The van der Waals surface area contributed by atoms with Crippen molar-refractivity contribution in [1.29, 1.82) is 0 Å². The Balaban J connectivity index is 1.53. The van der Waals surface area contributed by atoms with Crippen molar-refractivity contribution in [2.75, 3.05) is 13.1 Å². The second-order valence-corrected chi connectivity index (χ2v) is 6.18. The molecule has 2 aromatic heterocycles. The van der Waals surface area contributed by atoms with E-state index in [-0.39, 0.29) is 0 Å². The van der Waals surface area contributed by atoms with Crippen LogP contribution >= 0.6 is 11.6 Å². The van der Waals surface area contributed by atoms with E-state index in [0.717, 1.165) is 23.5 Å². The molecule has 4 nitrogen and oxygen atoms in total. The molecule has 0 bridgehead atoms. The molecule has 1 N–H and O–H groups in total. The lowest BCUT2D eigenvalue weighted by molar-refractivity contribution is -0.00667. The van der Waals surface area contributed by atoms with E-state index in [1.807, 2.05) is 6.07 Å². The van der Waals surface area contributed by atoms with Gasteiger partial charge >= 0.3 is 0 Å². The Bertz CT molecular complexity index is 594. The lowest BCUT2D eigenvalue weighted by Gasteiger charge is -2.54. The molecule has 2 aliphatic rings. The minimum atomic E-state index is 0.461. The summed E-state index contributed by atoms with van der Waals surface area (Å²) >= 11 is 5.85. The number of hydrogen-bond donors (Lipinski definition) is 1. The monoisotopic (exact) mass is 262 g/mol. The molecular weight excluding hydrogens is 248 g/mol. The zero-order valence-corrected chi connectivity index (χ0v) is 10.8. The van der Waals surface area contributed by atoms with Crippen molar-refractivity contribution >= 4 is 22.6 Å². The second-order valence-electron chi connectivity index (χ2n) is 5.79. The first-order valence-corrected chi connectivity index (χ1v) is 6.81. The molecule has 2 aromatic rings. The summed E-state index contributed by atoms with van der Waals surface area (Å²) in [5, 5.41) is 13.0. The van der Waals surface area contributed by atoms with Crippen LogP contribution in [0.15, 0.2) is 18.3 Å². The molecule has 5 heteroatoms. The van der Waals surface area contributed by atoms with Crippen LogP contribution in [0, 0.1) is 11.3 Å². The summed E-state index contributed by atoms with van der Waals surface area (Å²) in [6.07, 6.45) is 4.79. The van der Waals surface area contributed by atoms with Gasteiger partial charge in [-0.15, -0.1) is 10.2 Å². The quantitative estimate of drug-likeness (QED) is 0.901. The molecule has 18 heavy (non-hydrogen) atoms. The molecule has 1 saturated heterocycles. The normalized spacial score (nSPS) is 22.1. The van der Waals surface area contributed by atoms with Gasteiger partial charge in [-0.25, -0.2) is 0 Å². The Labute approximate surface area is 110 Å². The Hall–Kier alpha value is -1.13. The summed E-state index contributed by atoms with van der Waals surface area (Å²) in [6, 6.07) is 3.94. The average Bonchev–Trinajstić information content (AvgIpc) is 2.62. The lowest BCUT2D eigenvalue weighted by atomic mass is 9.58. The van der Waals surface area contributed by atoms with E-state index in [1.165, 1.54) is 25.9 Å². The van der Waals surface area contributed by atoms with Crippen LogP contribution in [-0.4, -0.2) is 27.9 Å². The van der Waals surface area contributed by atoms with Crippen molar-refractivity contribution < 1.29 is 0 Å². The minimum absolute atomic E-state index is 0.461. The van der Waals surface area contributed by atoms with Crippen LogP contribution in [0.2, 0.25) is 5.15 Å². The summed E-state index contributed by atoms with van der Waals surface area (Å²) < 4.78 is 2.21. The summed E-state index contributed by atoms with van der Waals surface area (Å²) in [7, 11) is 0. The van der Waals surface area contributed by atoms with E-state index >= 15 is 0 Å². The number of nitrogens with zero attached hydrogens (tertiary/aromatic N) is 3. The van der Waals surface area contributed by atoms with Crippen LogP contribution in [0.25, 0.3) is 11.0 Å². The van der Waals surface area contributed by atoms with Gasteiger partial charge < -0.3 is 9.88 Å². The maximum Gasteiger partial charge on any atom is 0.162 e. The van der Waals surface area contributed by atoms with Crippen LogP contribution in [0.3, 0.4) is 0 Å². The fraction of sp³-hybridized carbons (Fsp3) is 0.538. The third-order valence-electron chi connectivity index (χ3n) is 4.38. The second kappa shape index (κ2) is 3.68. The largest absolute Gasteiger partial charge is 0.331 e. The third-order valence-corrected chi connectivity index (χ3v) is 4.56. The summed E-state index contributed by atoms with van der Waals surface area (Å²) in [4.78, 5) is 0. The molecule has 2 fully saturated rings. The first-order chi connectivity index (χ1) is 8.74. The minimum Gasteiger partial charge on any atom is -0.331 e. The van der Waals surface area contributed by atoms with Gasteiger partial charge in [-0.2, -0.15) is 0 Å². The highest BCUT2D eigenvalue weighted by molar-refractivity contribution is 6.29. The molecule has 0 unspecified atom stereocenters. The zero-order chi connectivity index (χ0) is 12.2. The van der Waals surface area contributed by atoms with Crippen LogP contribution in [0.4, 0.5) is 0 Å². The van der Waals surface area contributed by atoms with Gasteiger partial charge in [-0.3, -0.25) is 0 Å². The molecule has 1 spiro atoms. The number of fused-ring (bicyclic) bond motifs is 1. The van der Waals surface area contributed by atoms with Crippen molar-refractivity contribution in [2.24, 2.45) is 11.3 Å². The SMILES string of the molecule is Clc1cc2ccn(CC3CC4(CNC4)C3)c2nn1. The third kappa shape index (κ3) is 1.56. The number of halogens is 1. The first-order valence-electron chi connectivity index (χ1n) is 6.43. The van der Waals surface area contributed by atoms with E-state index in [2.05, 4.69) is 32.3 Å². The lowest BCUT2D eigenvalue weighted by Crippen LogP contribution is -2.60. The standard InChI is InChI=1S/C13H15ClN4/c14-11-3-10-1-2-18(12(10)17-16-11)6-9-4-13(5-9)7-15-8-13/h1-3,9,15H,4-8H2. The Morgan fingerprint density at radius 3 is 2.94 bits per heavy atom. The van der Waals surface area contributed by atoms with Gasteiger partial charge in [0, 0.05) is 31.2 Å². The fourth-order valence-corrected chi connectivity index (χ4v) is 3.60. The number of rotatable bonds is 2. The zero-order valence-electron chi connectivity index (χ0n) is 10.1. The average molecular weight is 263 g/mol. The predicted molar refractivity (Wildman–Crippen MR) is 70.6 cm³/mol. The Morgan fingerprint density at radius 2 is 2.22 bits per heavy atom. The van der Waals surface area contributed by atoms with Gasteiger partial charge in [-0.1, -0.05) is 11.6 Å². The first kappa shape index (κ1) is 10.8. The predicted octanol–water partition coefficient (Wildman–Crippen LogP) is 2.08. The number of aromatic nitrogens is 3. The summed E-state index contributed by atoms with van der Waals surface area (Å²) in [5.41, 5.74) is 1.59. The molecular formula is C13H15ClN4. The van der Waals surface area contributed by atoms with Gasteiger partial charge in [0.25, 0.3) is 0 Å². The van der Waals surface area contributed by atoms with Crippen molar-refractivity contribution in [3.05, 3.63) is 23.5 Å². The topological polar surface area (TPSA) is 42.7 Å². The number of nitrogens with one attached hydrogen (secondary N) is 1. The van der Waals surface area contributed by atoms with E-state index in [1.54, 1.807) is 0 Å². The molecule has 3 heterocycles. The van der Waals surface area contributed by atoms with Gasteiger partial charge in [0.05, 0.1) is 0 Å². The Kier molecular flexibility index (Phi) is 2.20. The van der Waals surface area contributed by atoms with Crippen molar-refractivity contribution in [3.8, 4) is 0 Å². The maximum atomic E-state index is 5.85. The van der Waals surface area contributed by atoms with Gasteiger partial charge in [0.2, 0.25) is 0 Å². The van der Waals surface area contributed by atoms with Gasteiger partial charge in [-0.05, 0) is 36.3 Å². The molecule has 0 radical (unpaired) electrons. The summed E-state index contributed by atoms with van der Waals surface area (Å²) in [5.74, 6) is 0.792. The summed E-state index contributed by atoms with van der Waals surface area (Å²) in [6.45, 7) is 3.48. The smallest absolute Gasteiger partial charge is 0.162 e. The van der Waals surface area contributed by atoms with Crippen LogP contribution in [-0.2, 0) is 6.54 Å². The number of hydrogen-bond acceptors (Lipinski definition) is 3. The molecule has 94 valence electrons. The van der Waals surface area contributed by atoms with E-state index in [9.17, 15) is 0 Å². The molecule has 1 saturated carbocycles. The molecule has 0 aromatic carbocycles. The van der Waals surface area contributed by atoms with Crippen LogP contribution in [0.1, 0.15) is 12.8 Å². The van der Waals surface area contributed by atoms with Gasteiger partial charge in [0.15, 0.2) is 10.8 Å².